The first-order chi connectivity index (χ1) is 10.2. The van der Waals surface area contributed by atoms with E-state index in [1.807, 2.05) is 19.1 Å². The van der Waals surface area contributed by atoms with E-state index in [1.54, 1.807) is 0 Å². The molecule has 2 heterocycles. The number of amides is 2. The first-order valence-corrected chi connectivity index (χ1v) is 7.28. The largest absolute Gasteiger partial charge is 0.486 e. The lowest BCUT2D eigenvalue weighted by Gasteiger charge is -2.24. The third kappa shape index (κ3) is 3.39. The van der Waals surface area contributed by atoms with Crippen molar-refractivity contribution in [3.05, 3.63) is 17.7 Å². The normalized spacial score (nSPS) is 18.1. The zero-order chi connectivity index (χ0) is 14.7. The Morgan fingerprint density at radius 3 is 2.48 bits per heavy atom. The monoisotopic (exact) mass is 292 g/mol. The summed E-state index contributed by atoms with van der Waals surface area (Å²) in [6, 6.07) is 3.68. The van der Waals surface area contributed by atoms with Crippen LogP contribution in [0.25, 0.3) is 0 Å². The van der Waals surface area contributed by atoms with E-state index >= 15 is 0 Å². The molecule has 114 valence electrons. The van der Waals surface area contributed by atoms with Crippen LogP contribution in [0.5, 0.6) is 11.5 Å². The Hall–Kier alpha value is -1.95. The fourth-order valence-electron chi connectivity index (χ4n) is 2.51. The quantitative estimate of drug-likeness (QED) is 0.875. The Morgan fingerprint density at radius 1 is 1.10 bits per heavy atom. The molecule has 2 aliphatic rings. The van der Waals surface area contributed by atoms with Crippen LogP contribution in [0.3, 0.4) is 0 Å². The molecule has 0 unspecified atom stereocenters. The fraction of sp³-hybridized carbons (Fsp3) is 0.533. The van der Waals surface area contributed by atoms with E-state index in [0.29, 0.717) is 32.2 Å². The molecule has 1 aromatic carbocycles. The van der Waals surface area contributed by atoms with E-state index in [-0.39, 0.29) is 12.1 Å². The third-order valence-corrected chi connectivity index (χ3v) is 3.69. The van der Waals surface area contributed by atoms with Gasteiger partial charge in [-0.15, -0.1) is 0 Å². The van der Waals surface area contributed by atoms with Crippen LogP contribution in [-0.4, -0.2) is 38.5 Å². The molecule has 0 saturated carbocycles. The lowest BCUT2D eigenvalue weighted by Crippen LogP contribution is -2.41. The molecule has 1 fully saturated rings. The average Bonchev–Trinajstić information content (AvgIpc) is 2.49. The fourth-order valence-corrected chi connectivity index (χ4v) is 2.51. The van der Waals surface area contributed by atoms with Gasteiger partial charge in [-0.05, 0) is 31.4 Å². The van der Waals surface area contributed by atoms with Gasteiger partial charge in [-0.2, -0.15) is 0 Å². The lowest BCUT2D eigenvalue weighted by atomic mass is 10.1. The lowest BCUT2D eigenvalue weighted by molar-refractivity contribution is 0.0806. The van der Waals surface area contributed by atoms with Gasteiger partial charge in [0.05, 0.1) is 0 Å². The number of ether oxygens (including phenoxy) is 3. The van der Waals surface area contributed by atoms with Crippen LogP contribution in [0, 0.1) is 6.92 Å². The van der Waals surface area contributed by atoms with Crippen LogP contribution in [0.1, 0.15) is 18.4 Å². The van der Waals surface area contributed by atoms with E-state index in [4.69, 9.17) is 14.2 Å². The van der Waals surface area contributed by atoms with Crippen LogP contribution in [0.2, 0.25) is 0 Å². The van der Waals surface area contributed by atoms with Crippen molar-refractivity contribution >= 4 is 11.7 Å². The van der Waals surface area contributed by atoms with Gasteiger partial charge < -0.3 is 24.8 Å². The number of carbonyl (C=O) groups is 1. The zero-order valence-corrected chi connectivity index (χ0v) is 12.1. The van der Waals surface area contributed by atoms with Crippen molar-refractivity contribution in [2.45, 2.75) is 25.8 Å². The van der Waals surface area contributed by atoms with Gasteiger partial charge in [0.15, 0.2) is 11.5 Å². The number of fused-ring (bicyclic) bond motifs is 1. The minimum atomic E-state index is -0.193. The van der Waals surface area contributed by atoms with Crippen molar-refractivity contribution in [2.24, 2.45) is 0 Å². The molecule has 6 heteroatoms. The van der Waals surface area contributed by atoms with Gasteiger partial charge in [0.2, 0.25) is 0 Å². The predicted molar refractivity (Wildman–Crippen MR) is 78.2 cm³/mol. The van der Waals surface area contributed by atoms with Gasteiger partial charge >= 0.3 is 6.03 Å². The Morgan fingerprint density at radius 2 is 1.76 bits per heavy atom. The molecule has 2 aliphatic heterocycles. The molecule has 0 bridgehead atoms. The van der Waals surface area contributed by atoms with E-state index in [0.717, 1.165) is 29.8 Å². The van der Waals surface area contributed by atoms with E-state index in [9.17, 15) is 4.79 Å². The first kappa shape index (κ1) is 14.0. The smallest absolute Gasteiger partial charge is 0.319 e. The number of nitrogens with one attached hydrogen (secondary N) is 2. The highest BCUT2D eigenvalue weighted by Gasteiger charge is 2.18. The topological polar surface area (TPSA) is 68.8 Å². The Kier molecular flexibility index (Phi) is 4.15. The molecule has 2 amide bonds. The summed E-state index contributed by atoms with van der Waals surface area (Å²) in [5, 5.41) is 5.85. The number of rotatable bonds is 2. The minimum absolute atomic E-state index is 0.177. The SMILES string of the molecule is Cc1cc2c(cc1NC(=O)NC1CCOCC1)OCCO2. The standard InChI is InChI=1S/C15H20N2O4/c1-10-8-13-14(21-7-6-20-13)9-12(10)17-15(18)16-11-2-4-19-5-3-11/h8-9,11H,2-7H2,1H3,(H2,16,17,18). The molecule has 3 rings (SSSR count). The molecule has 0 atom stereocenters. The highest BCUT2D eigenvalue weighted by molar-refractivity contribution is 5.90. The molecule has 6 nitrogen and oxygen atoms in total. The average molecular weight is 292 g/mol. The number of carbonyl (C=O) groups excluding carboxylic acids is 1. The molecule has 0 radical (unpaired) electrons. The molecule has 0 spiro atoms. The van der Waals surface area contributed by atoms with Crippen LogP contribution in [0.4, 0.5) is 10.5 Å². The summed E-state index contributed by atoms with van der Waals surface area (Å²) in [6.45, 7) is 4.43. The van der Waals surface area contributed by atoms with Gasteiger partial charge in [-0.3, -0.25) is 0 Å². The Balaban J connectivity index is 1.65. The van der Waals surface area contributed by atoms with Crippen LogP contribution in [-0.2, 0) is 4.74 Å². The highest BCUT2D eigenvalue weighted by Crippen LogP contribution is 2.35. The summed E-state index contributed by atoms with van der Waals surface area (Å²) in [6.07, 6.45) is 1.71. The Bertz CT molecular complexity index is 527. The Labute approximate surface area is 123 Å². The van der Waals surface area contributed by atoms with Crippen molar-refractivity contribution in [1.82, 2.24) is 5.32 Å². The second-order valence-corrected chi connectivity index (χ2v) is 5.30. The number of hydrogen-bond acceptors (Lipinski definition) is 4. The van der Waals surface area contributed by atoms with Gasteiger partial charge in [-0.1, -0.05) is 0 Å². The molecule has 1 saturated heterocycles. The molecule has 21 heavy (non-hydrogen) atoms. The van der Waals surface area contributed by atoms with Gasteiger partial charge in [0.1, 0.15) is 13.2 Å². The summed E-state index contributed by atoms with van der Waals surface area (Å²) < 4.78 is 16.3. The molecule has 2 N–H and O–H groups in total. The zero-order valence-electron chi connectivity index (χ0n) is 12.1. The summed E-state index contributed by atoms with van der Waals surface area (Å²) in [4.78, 5) is 12.1. The van der Waals surface area contributed by atoms with Gasteiger partial charge in [0, 0.05) is 31.0 Å². The van der Waals surface area contributed by atoms with Gasteiger partial charge in [-0.25, -0.2) is 4.79 Å². The number of aryl methyl sites for hydroxylation is 1. The summed E-state index contributed by atoms with van der Waals surface area (Å²) in [7, 11) is 0. The van der Waals surface area contributed by atoms with Crippen LogP contribution in [0.15, 0.2) is 12.1 Å². The molecular formula is C15H20N2O4. The number of hydrogen-bond donors (Lipinski definition) is 2. The first-order valence-electron chi connectivity index (χ1n) is 7.28. The maximum Gasteiger partial charge on any atom is 0.319 e. The molecular weight excluding hydrogens is 272 g/mol. The van der Waals surface area contributed by atoms with Crippen molar-refractivity contribution < 1.29 is 19.0 Å². The molecule has 0 aliphatic carbocycles. The van der Waals surface area contributed by atoms with Crippen molar-refractivity contribution in [1.29, 1.82) is 0 Å². The van der Waals surface area contributed by atoms with Crippen LogP contribution < -0.4 is 20.1 Å². The third-order valence-electron chi connectivity index (χ3n) is 3.69. The maximum atomic E-state index is 12.1. The van der Waals surface area contributed by atoms with Crippen molar-refractivity contribution in [3.8, 4) is 11.5 Å². The minimum Gasteiger partial charge on any atom is -0.486 e. The van der Waals surface area contributed by atoms with E-state index in [1.165, 1.54) is 0 Å². The number of benzene rings is 1. The van der Waals surface area contributed by atoms with Crippen molar-refractivity contribution in [2.75, 3.05) is 31.7 Å². The number of anilines is 1. The second kappa shape index (κ2) is 6.22. The van der Waals surface area contributed by atoms with Crippen molar-refractivity contribution in [3.63, 3.8) is 0 Å². The second-order valence-electron chi connectivity index (χ2n) is 5.30. The van der Waals surface area contributed by atoms with E-state index < -0.39 is 0 Å². The highest BCUT2D eigenvalue weighted by atomic mass is 16.6. The maximum absolute atomic E-state index is 12.1. The molecule has 0 aromatic heterocycles. The van der Waals surface area contributed by atoms with Crippen LogP contribution >= 0.6 is 0 Å². The summed E-state index contributed by atoms with van der Waals surface area (Å²) in [5.74, 6) is 1.40. The summed E-state index contributed by atoms with van der Waals surface area (Å²) >= 11 is 0. The van der Waals surface area contributed by atoms with E-state index in [2.05, 4.69) is 10.6 Å². The summed E-state index contributed by atoms with van der Waals surface area (Å²) in [5.41, 5.74) is 1.69. The molecule has 1 aromatic rings. The predicted octanol–water partition coefficient (Wildman–Crippen LogP) is 2.07. The van der Waals surface area contributed by atoms with Gasteiger partial charge in [0.25, 0.3) is 0 Å². The number of urea groups is 1.